The zero-order chi connectivity index (χ0) is 16.8. The first-order valence-corrected chi connectivity index (χ1v) is 7.17. The molecule has 7 nitrogen and oxygen atoms in total. The third kappa shape index (κ3) is 4.57. The van der Waals surface area contributed by atoms with E-state index < -0.39 is 5.91 Å². The van der Waals surface area contributed by atoms with Crippen LogP contribution in [0.25, 0.3) is 0 Å². The molecule has 0 spiro atoms. The van der Waals surface area contributed by atoms with Crippen molar-refractivity contribution in [1.82, 2.24) is 20.4 Å². The van der Waals surface area contributed by atoms with Crippen molar-refractivity contribution in [2.75, 3.05) is 13.7 Å². The van der Waals surface area contributed by atoms with Crippen LogP contribution in [-0.4, -0.2) is 35.2 Å². The minimum atomic E-state index is -0.402. The second-order valence-electron chi connectivity index (χ2n) is 5.17. The number of methoxy groups -OCH3 is 1. The Morgan fingerprint density at radius 1 is 1.22 bits per heavy atom. The quantitative estimate of drug-likeness (QED) is 0.825. The van der Waals surface area contributed by atoms with Crippen molar-refractivity contribution in [3.05, 3.63) is 47.2 Å². The van der Waals surface area contributed by atoms with Gasteiger partial charge in [0.2, 0.25) is 11.8 Å². The Balaban J connectivity index is 1.81. The van der Waals surface area contributed by atoms with Crippen LogP contribution in [0.4, 0.5) is 0 Å². The molecule has 2 amide bonds. The number of rotatable bonds is 6. The molecule has 0 bridgehead atoms. The van der Waals surface area contributed by atoms with E-state index in [1.54, 1.807) is 13.2 Å². The fourth-order valence-corrected chi connectivity index (χ4v) is 2.00. The van der Waals surface area contributed by atoms with Gasteiger partial charge in [-0.05, 0) is 12.5 Å². The predicted octanol–water partition coefficient (Wildman–Crippen LogP) is 0.783. The Hall–Kier alpha value is -2.83. The van der Waals surface area contributed by atoms with Crippen LogP contribution in [0, 0.1) is 6.92 Å². The zero-order valence-corrected chi connectivity index (χ0v) is 13.4. The van der Waals surface area contributed by atoms with E-state index in [9.17, 15) is 9.59 Å². The van der Waals surface area contributed by atoms with Gasteiger partial charge in [0.25, 0.3) is 5.91 Å². The number of carbonyl (C=O) groups is 2. The molecule has 0 aliphatic heterocycles. The first kappa shape index (κ1) is 16.5. The SMILES string of the molecule is COc1nn(C)cc1C(=O)NCC(=O)NCc1ccc(C)cc1. The number of aromatic nitrogens is 2. The van der Waals surface area contributed by atoms with Crippen molar-refractivity contribution in [1.29, 1.82) is 0 Å². The van der Waals surface area contributed by atoms with Crippen molar-refractivity contribution >= 4 is 11.8 Å². The van der Waals surface area contributed by atoms with Gasteiger partial charge >= 0.3 is 0 Å². The Kier molecular flexibility index (Phi) is 5.35. The first-order valence-electron chi connectivity index (χ1n) is 7.17. The normalized spacial score (nSPS) is 10.2. The van der Waals surface area contributed by atoms with Crippen molar-refractivity contribution < 1.29 is 14.3 Å². The van der Waals surface area contributed by atoms with E-state index in [2.05, 4.69) is 15.7 Å². The highest BCUT2D eigenvalue weighted by Gasteiger charge is 2.16. The molecule has 0 saturated heterocycles. The summed E-state index contributed by atoms with van der Waals surface area (Å²) < 4.78 is 6.49. The van der Waals surface area contributed by atoms with E-state index in [4.69, 9.17) is 4.74 Å². The fourth-order valence-electron chi connectivity index (χ4n) is 2.00. The number of hydrogen-bond acceptors (Lipinski definition) is 4. The van der Waals surface area contributed by atoms with E-state index in [0.29, 0.717) is 12.1 Å². The summed E-state index contributed by atoms with van der Waals surface area (Å²) in [7, 11) is 3.13. The molecule has 2 aromatic rings. The average molecular weight is 316 g/mol. The Morgan fingerprint density at radius 2 is 1.91 bits per heavy atom. The summed E-state index contributed by atoms with van der Waals surface area (Å²) in [6, 6.07) is 7.87. The van der Waals surface area contributed by atoms with Gasteiger partial charge in [-0.1, -0.05) is 29.8 Å². The van der Waals surface area contributed by atoms with Crippen molar-refractivity contribution in [3.63, 3.8) is 0 Å². The molecule has 0 saturated carbocycles. The molecule has 0 unspecified atom stereocenters. The highest BCUT2D eigenvalue weighted by molar-refractivity contribution is 5.98. The van der Waals surface area contributed by atoms with Crippen molar-refractivity contribution in [2.45, 2.75) is 13.5 Å². The lowest BCUT2D eigenvalue weighted by atomic mass is 10.1. The maximum Gasteiger partial charge on any atom is 0.258 e. The molecule has 2 N–H and O–H groups in total. The molecule has 7 heteroatoms. The number of amides is 2. The number of benzene rings is 1. The smallest absolute Gasteiger partial charge is 0.258 e. The second kappa shape index (κ2) is 7.44. The van der Waals surface area contributed by atoms with Gasteiger partial charge in [0.05, 0.1) is 13.7 Å². The van der Waals surface area contributed by atoms with Gasteiger partial charge in [-0.15, -0.1) is 5.10 Å². The molecule has 1 aromatic heterocycles. The lowest BCUT2D eigenvalue weighted by Gasteiger charge is -2.07. The molecule has 122 valence electrons. The molecule has 0 aliphatic rings. The van der Waals surface area contributed by atoms with E-state index in [-0.39, 0.29) is 18.3 Å². The molecule has 0 radical (unpaired) electrons. The van der Waals surface area contributed by atoms with E-state index in [0.717, 1.165) is 11.1 Å². The van der Waals surface area contributed by atoms with Crippen LogP contribution >= 0.6 is 0 Å². The standard InChI is InChI=1S/C16H20N4O3/c1-11-4-6-12(7-5-11)8-17-14(21)9-18-15(22)13-10-20(2)19-16(13)23-3/h4-7,10H,8-9H2,1-3H3,(H,17,21)(H,18,22). The number of aryl methyl sites for hydroxylation is 2. The van der Waals surface area contributed by atoms with Crippen molar-refractivity contribution in [2.24, 2.45) is 7.05 Å². The Morgan fingerprint density at radius 3 is 2.57 bits per heavy atom. The third-order valence-electron chi connectivity index (χ3n) is 3.25. The van der Waals surface area contributed by atoms with Crippen LogP contribution in [0.3, 0.4) is 0 Å². The molecular formula is C16H20N4O3. The lowest BCUT2D eigenvalue weighted by Crippen LogP contribution is -2.36. The van der Waals surface area contributed by atoms with Gasteiger partial charge in [-0.3, -0.25) is 14.3 Å². The third-order valence-corrected chi connectivity index (χ3v) is 3.25. The minimum absolute atomic E-state index is 0.108. The Bertz CT molecular complexity index is 692. The Labute approximate surface area is 134 Å². The maximum atomic E-state index is 12.0. The molecule has 1 aromatic carbocycles. The zero-order valence-electron chi connectivity index (χ0n) is 13.4. The summed E-state index contributed by atoms with van der Waals surface area (Å²) in [4.78, 5) is 23.8. The van der Waals surface area contributed by atoms with Crippen LogP contribution in [0.5, 0.6) is 5.88 Å². The van der Waals surface area contributed by atoms with Crippen molar-refractivity contribution in [3.8, 4) is 5.88 Å². The lowest BCUT2D eigenvalue weighted by molar-refractivity contribution is -0.120. The summed E-state index contributed by atoms with van der Waals surface area (Å²) >= 11 is 0. The van der Waals surface area contributed by atoms with Gasteiger partial charge in [0.1, 0.15) is 5.56 Å². The summed E-state index contributed by atoms with van der Waals surface area (Å²) in [6.45, 7) is 2.32. The fraction of sp³-hybridized carbons (Fsp3) is 0.312. The van der Waals surface area contributed by atoms with Gasteiger partial charge in [0.15, 0.2) is 0 Å². The number of nitrogens with zero attached hydrogens (tertiary/aromatic N) is 2. The maximum absolute atomic E-state index is 12.0. The molecule has 0 aliphatic carbocycles. The predicted molar refractivity (Wildman–Crippen MR) is 85.1 cm³/mol. The monoisotopic (exact) mass is 316 g/mol. The van der Waals surface area contributed by atoms with E-state index in [1.807, 2.05) is 31.2 Å². The van der Waals surface area contributed by atoms with Gasteiger partial charge < -0.3 is 15.4 Å². The highest BCUT2D eigenvalue weighted by Crippen LogP contribution is 2.13. The highest BCUT2D eigenvalue weighted by atomic mass is 16.5. The van der Waals surface area contributed by atoms with Crippen LogP contribution < -0.4 is 15.4 Å². The van der Waals surface area contributed by atoms with Crippen LogP contribution in [0.2, 0.25) is 0 Å². The number of ether oxygens (including phenoxy) is 1. The second-order valence-corrected chi connectivity index (χ2v) is 5.17. The minimum Gasteiger partial charge on any atom is -0.479 e. The first-order chi connectivity index (χ1) is 11.0. The molecule has 23 heavy (non-hydrogen) atoms. The van der Waals surface area contributed by atoms with Gasteiger partial charge in [-0.2, -0.15) is 0 Å². The summed E-state index contributed by atoms with van der Waals surface area (Å²) in [6.07, 6.45) is 1.54. The average Bonchev–Trinajstić information content (AvgIpc) is 2.93. The molecule has 1 heterocycles. The van der Waals surface area contributed by atoms with Gasteiger partial charge in [-0.25, -0.2) is 0 Å². The number of hydrogen-bond donors (Lipinski definition) is 2. The molecule has 0 fully saturated rings. The van der Waals surface area contributed by atoms with Crippen LogP contribution in [0.15, 0.2) is 30.5 Å². The molecule has 0 atom stereocenters. The molecular weight excluding hydrogens is 296 g/mol. The van der Waals surface area contributed by atoms with E-state index >= 15 is 0 Å². The largest absolute Gasteiger partial charge is 0.479 e. The van der Waals surface area contributed by atoms with E-state index in [1.165, 1.54) is 11.8 Å². The molecule has 2 rings (SSSR count). The summed E-state index contributed by atoms with van der Waals surface area (Å²) in [5.41, 5.74) is 2.46. The number of nitrogens with one attached hydrogen (secondary N) is 2. The topological polar surface area (TPSA) is 85.2 Å². The summed E-state index contributed by atoms with van der Waals surface area (Å²) in [5, 5.41) is 9.29. The van der Waals surface area contributed by atoms with Gasteiger partial charge in [0, 0.05) is 19.8 Å². The number of carbonyl (C=O) groups excluding carboxylic acids is 2. The van der Waals surface area contributed by atoms with Crippen LogP contribution in [-0.2, 0) is 18.4 Å². The van der Waals surface area contributed by atoms with Crippen LogP contribution in [0.1, 0.15) is 21.5 Å². The summed E-state index contributed by atoms with van der Waals surface area (Å²) in [5.74, 6) is -0.438.